The second-order valence-electron chi connectivity index (χ2n) is 4.07. The van der Waals surface area contributed by atoms with Crippen molar-refractivity contribution in [2.24, 2.45) is 0 Å². The minimum atomic E-state index is 0.0706. The van der Waals surface area contributed by atoms with Crippen LogP contribution in [0.5, 0.6) is 0 Å². The molecule has 0 aromatic heterocycles. The molecule has 0 N–H and O–H groups in total. The normalized spacial score (nSPS) is 21.9. The van der Waals surface area contributed by atoms with Crippen molar-refractivity contribution in [3.63, 3.8) is 0 Å². The summed E-state index contributed by atoms with van der Waals surface area (Å²) in [5.74, 6) is 0.0915. The Balaban J connectivity index is 2.26. The molecule has 1 saturated heterocycles. The van der Waals surface area contributed by atoms with Crippen molar-refractivity contribution in [1.82, 2.24) is 5.06 Å². The van der Waals surface area contributed by atoms with Crippen LogP contribution < -0.4 is 0 Å². The molecule has 1 unspecified atom stereocenters. The van der Waals surface area contributed by atoms with Gasteiger partial charge in [-0.1, -0.05) is 36.8 Å². The molecule has 1 aliphatic heterocycles. The Labute approximate surface area is 96.0 Å². The average Bonchev–Trinajstić information content (AvgIpc) is 2.52. The number of rotatable bonds is 2. The van der Waals surface area contributed by atoms with E-state index in [9.17, 15) is 4.79 Å². The number of hydrogen-bond acceptors (Lipinski definition) is 2. The highest BCUT2D eigenvalue weighted by molar-refractivity contribution is 5.75. The Morgan fingerprint density at radius 2 is 2.00 bits per heavy atom. The lowest BCUT2D eigenvalue weighted by atomic mass is 10.0. The standard InChI is InChI=1S/C13H17NO2/c1-16-14-12(9-5-6-10-13(14)15)11-7-3-2-4-8-11/h2-4,7-8,12H,5-6,9-10H2,1H3. The van der Waals surface area contributed by atoms with Crippen LogP contribution in [0.3, 0.4) is 0 Å². The van der Waals surface area contributed by atoms with Gasteiger partial charge in [-0.3, -0.25) is 9.63 Å². The van der Waals surface area contributed by atoms with Gasteiger partial charge < -0.3 is 0 Å². The highest BCUT2D eigenvalue weighted by Gasteiger charge is 2.27. The molecule has 1 heterocycles. The van der Waals surface area contributed by atoms with Gasteiger partial charge in [0.25, 0.3) is 0 Å². The fraction of sp³-hybridized carbons (Fsp3) is 0.462. The van der Waals surface area contributed by atoms with Crippen LogP contribution in [0.4, 0.5) is 0 Å². The summed E-state index contributed by atoms with van der Waals surface area (Å²) in [5.41, 5.74) is 1.15. The quantitative estimate of drug-likeness (QED) is 0.765. The maximum Gasteiger partial charge on any atom is 0.246 e. The van der Waals surface area contributed by atoms with E-state index in [0.29, 0.717) is 6.42 Å². The van der Waals surface area contributed by atoms with E-state index in [-0.39, 0.29) is 11.9 Å². The SMILES string of the molecule is CON1C(=O)CCCCC1c1ccccc1. The van der Waals surface area contributed by atoms with Gasteiger partial charge in [0.05, 0.1) is 13.2 Å². The van der Waals surface area contributed by atoms with Crippen LogP contribution in [0, 0.1) is 0 Å². The first-order chi connectivity index (χ1) is 7.83. The van der Waals surface area contributed by atoms with Crippen LogP contribution in [0.1, 0.15) is 37.3 Å². The van der Waals surface area contributed by atoms with Crippen LogP contribution in [0.25, 0.3) is 0 Å². The zero-order chi connectivity index (χ0) is 11.4. The first kappa shape index (κ1) is 11.1. The van der Waals surface area contributed by atoms with E-state index in [1.165, 1.54) is 5.06 Å². The molecule has 0 radical (unpaired) electrons. The zero-order valence-electron chi connectivity index (χ0n) is 9.56. The van der Waals surface area contributed by atoms with Crippen LogP contribution in [0.2, 0.25) is 0 Å². The smallest absolute Gasteiger partial charge is 0.246 e. The minimum Gasteiger partial charge on any atom is -0.274 e. The second-order valence-corrected chi connectivity index (χ2v) is 4.07. The van der Waals surface area contributed by atoms with E-state index >= 15 is 0 Å². The Morgan fingerprint density at radius 3 is 2.69 bits per heavy atom. The number of amides is 1. The molecule has 0 spiro atoms. The number of carbonyl (C=O) groups is 1. The highest BCUT2D eigenvalue weighted by atomic mass is 16.7. The van der Waals surface area contributed by atoms with Crippen LogP contribution >= 0.6 is 0 Å². The molecule has 2 rings (SSSR count). The van der Waals surface area contributed by atoms with Gasteiger partial charge in [0.2, 0.25) is 5.91 Å². The molecule has 86 valence electrons. The molecule has 0 bridgehead atoms. The molecule has 3 heteroatoms. The van der Waals surface area contributed by atoms with Crippen molar-refractivity contribution in [3.8, 4) is 0 Å². The lowest BCUT2D eigenvalue weighted by Gasteiger charge is -2.27. The van der Waals surface area contributed by atoms with Crippen molar-refractivity contribution in [2.75, 3.05) is 7.11 Å². The lowest BCUT2D eigenvalue weighted by Crippen LogP contribution is -2.32. The molecule has 1 aromatic rings. The fourth-order valence-corrected chi connectivity index (χ4v) is 2.22. The number of nitrogens with zero attached hydrogens (tertiary/aromatic N) is 1. The maximum absolute atomic E-state index is 11.8. The molecule has 16 heavy (non-hydrogen) atoms. The van der Waals surface area contributed by atoms with Gasteiger partial charge in [-0.05, 0) is 18.4 Å². The van der Waals surface area contributed by atoms with Crippen LogP contribution in [-0.2, 0) is 9.63 Å². The molecule has 1 atom stereocenters. The first-order valence-electron chi connectivity index (χ1n) is 5.74. The van der Waals surface area contributed by atoms with Gasteiger partial charge in [-0.15, -0.1) is 0 Å². The number of benzene rings is 1. The van der Waals surface area contributed by atoms with Gasteiger partial charge in [0.1, 0.15) is 0 Å². The van der Waals surface area contributed by atoms with Crippen molar-refractivity contribution in [2.45, 2.75) is 31.7 Å². The Bertz CT molecular complexity index is 350. The van der Waals surface area contributed by atoms with Gasteiger partial charge in [0, 0.05) is 6.42 Å². The molecule has 1 aromatic carbocycles. The van der Waals surface area contributed by atoms with Crippen molar-refractivity contribution in [3.05, 3.63) is 35.9 Å². The highest BCUT2D eigenvalue weighted by Crippen LogP contribution is 2.30. The summed E-state index contributed by atoms with van der Waals surface area (Å²) in [6.45, 7) is 0. The number of hydrogen-bond donors (Lipinski definition) is 0. The third kappa shape index (κ3) is 2.25. The maximum atomic E-state index is 11.8. The lowest BCUT2D eigenvalue weighted by molar-refractivity contribution is -0.188. The fourth-order valence-electron chi connectivity index (χ4n) is 2.22. The van der Waals surface area contributed by atoms with Gasteiger partial charge in [-0.2, -0.15) is 0 Å². The number of hydroxylamine groups is 2. The van der Waals surface area contributed by atoms with E-state index in [0.717, 1.165) is 24.8 Å². The van der Waals surface area contributed by atoms with Crippen LogP contribution in [-0.4, -0.2) is 18.1 Å². The first-order valence-corrected chi connectivity index (χ1v) is 5.74. The van der Waals surface area contributed by atoms with E-state index in [1.54, 1.807) is 7.11 Å². The predicted molar refractivity (Wildman–Crippen MR) is 61.5 cm³/mol. The summed E-state index contributed by atoms with van der Waals surface area (Å²) in [7, 11) is 1.57. The second kappa shape index (κ2) is 5.12. The molecule has 3 nitrogen and oxygen atoms in total. The van der Waals surface area contributed by atoms with Crippen molar-refractivity contribution >= 4 is 5.91 Å². The summed E-state index contributed by atoms with van der Waals surface area (Å²) in [6.07, 6.45) is 3.61. The van der Waals surface area contributed by atoms with Gasteiger partial charge in [0.15, 0.2) is 0 Å². The average molecular weight is 219 g/mol. The minimum absolute atomic E-state index is 0.0706. The van der Waals surface area contributed by atoms with Crippen molar-refractivity contribution in [1.29, 1.82) is 0 Å². The van der Waals surface area contributed by atoms with E-state index in [2.05, 4.69) is 12.1 Å². The summed E-state index contributed by atoms with van der Waals surface area (Å²) in [6, 6.07) is 10.2. The molecule has 1 aliphatic rings. The van der Waals surface area contributed by atoms with Crippen molar-refractivity contribution < 1.29 is 9.63 Å². The third-order valence-corrected chi connectivity index (χ3v) is 3.03. The summed E-state index contributed by atoms with van der Waals surface area (Å²) in [4.78, 5) is 17.1. The molecule has 0 saturated carbocycles. The topological polar surface area (TPSA) is 29.5 Å². The summed E-state index contributed by atoms with van der Waals surface area (Å²) in [5, 5.41) is 1.53. The summed E-state index contributed by atoms with van der Waals surface area (Å²) >= 11 is 0. The monoisotopic (exact) mass is 219 g/mol. The van der Waals surface area contributed by atoms with E-state index < -0.39 is 0 Å². The largest absolute Gasteiger partial charge is 0.274 e. The Morgan fingerprint density at radius 1 is 1.25 bits per heavy atom. The molecule has 0 aliphatic carbocycles. The van der Waals surface area contributed by atoms with Crippen LogP contribution in [0.15, 0.2) is 30.3 Å². The van der Waals surface area contributed by atoms with E-state index in [1.807, 2.05) is 18.2 Å². The number of carbonyl (C=O) groups excluding carboxylic acids is 1. The molecular weight excluding hydrogens is 202 g/mol. The van der Waals surface area contributed by atoms with Gasteiger partial charge >= 0.3 is 0 Å². The van der Waals surface area contributed by atoms with Gasteiger partial charge in [-0.25, -0.2) is 5.06 Å². The van der Waals surface area contributed by atoms with E-state index in [4.69, 9.17) is 4.84 Å². The Hall–Kier alpha value is -1.35. The molecule has 1 amide bonds. The zero-order valence-corrected chi connectivity index (χ0v) is 9.56. The molecule has 1 fully saturated rings. The predicted octanol–water partition coefficient (Wildman–Crippen LogP) is 2.69. The Kier molecular flexibility index (Phi) is 3.57. The third-order valence-electron chi connectivity index (χ3n) is 3.03. The summed E-state index contributed by atoms with van der Waals surface area (Å²) < 4.78 is 0. The molecular formula is C13H17NO2.